The van der Waals surface area contributed by atoms with Gasteiger partial charge in [-0.05, 0) is 30.7 Å². The molecule has 0 atom stereocenters. The zero-order valence-electron chi connectivity index (χ0n) is 16.3. The lowest BCUT2D eigenvalue weighted by molar-refractivity contribution is -0.116. The van der Waals surface area contributed by atoms with Crippen molar-refractivity contribution in [2.75, 3.05) is 12.4 Å². The maximum atomic E-state index is 13.2. The first kappa shape index (κ1) is 20.1. The van der Waals surface area contributed by atoms with Gasteiger partial charge in [0.15, 0.2) is 0 Å². The van der Waals surface area contributed by atoms with E-state index in [0.717, 1.165) is 16.0 Å². The number of anilines is 1. The molecule has 0 fully saturated rings. The Morgan fingerprint density at radius 3 is 2.70 bits per heavy atom. The molecule has 0 radical (unpaired) electrons. The van der Waals surface area contributed by atoms with E-state index in [2.05, 4.69) is 10.3 Å². The quantitative estimate of drug-likeness (QED) is 0.487. The third-order valence-electron chi connectivity index (χ3n) is 4.67. The second-order valence-electron chi connectivity index (χ2n) is 6.65. The highest BCUT2D eigenvalue weighted by Crippen LogP contribution is 2.35. The van der Waals surface area contributed by atoms with Gasteiger partial charge in [0.2, 0.25) is 5.91 Å². The average Bonchev–Trinajstić information content (AvgIpc) is 3.07. The molecule has 0 unspecified atom stereocenters. The fraction of sp³-hybridized carbons (Fsp3) is 0.136. The van der Waals surface area contributed by atoms with Crippen molar-refractivity contribution in [3.05, 3.63) is 75.1 Å². The number of hydrogen-bond donors (Lipinski definition) is 1. The summed E-state index contributed by atoms with van der Waals surface area (Å²) < 4.78 is 6.43. The van der Waals surface area contributed by atoms with E-state index in [0.29, 0.717) is 26.7 Å². The highest BCUT2D eigenvalue weighted by Gasteiger charge is 2.17. The topological polar surface area (TPSA) is 73.2 Å². The van der Waals surface area contributed by atoms with E-state index in [1.807, 2.05) is 37.3 Å². The lowest BCUT2D eigenvalue weighted by Crippen LogP contribution is -2.27. The van der Waals surface area contributed by atoms with Crippen molar-refractivity contribution in [2.24, 2.45) is 0 Å². The van der Waals surface area contributed by atoms with Crippen molar-refractivity contribution in [3.8, 4) is 16.9 Å². The molecule has 0 saturated carbocycles. The molecule has 4 aromatic rings. The third-order valence-corrected chi connectivity index (χ3v) is 5.98. The maximum absolute atomic E-state index is 13.2. The van der Waals surface area contributed by atoms with Crippen molar-refractivity contribution >= 4 is 44.7 Å². The lowest BCUT2D eigenvalue weighted by Gasteiger charge is -2.09. The van der Waals surface area contributed by atoms with Crippen LogP contribution in [0.25, 0.3) is 21.3 Å². The first-order valence-corrected chi connectivity index (χ1v) is 10.3. The number of aryl methyl sites for hydroxylation is 1. The smallest absolute Gasteiger partial charge is 0.263 e. The molecule has 30 heavy (non-hydrogen) atoms. The summed E-state index contributed by atoms with van der Waals surface area (Å²) >= 11 is 7.57. The van der Waals surface area contributed by atoms with Gasteiger partial charge in [-0.2, -0.15) is 0 Å². The number of hydrogen-bond acceptors (Lipinski definition) is 5. The van der Waals surface area contributed by atoms with E-state index in [9.17, 15) is 9.59 Å². The van der Waals surface area contributed by atoms with Crippen LogP contribution in [0.3, 0.4) is 0 Å². The minimum atomic E-state index is -0.354. The van der Waals surface area contributed by atoms with Gasteiger partial charge in [0.05, 0.1) is 23.8 Å². The van der Waals surface area contributed by atoms with Crippen molar-refractivity contribution in [2.45, 2.75) is 13.5 Å². The standard InChI is InChI=1S/C22H18ClN3O3S/c1-13-19(14-6-4-3-5-7-14)20-21(30-13)24-12-26(22(20)28)11-18(27)25-15-8-9-17(29-2)16(23)10-15/h3-10,12H,11H2,1-2H3,(H,25,27). The van der Waals surface area contributed by atoms with Crippen molar-refractivity contribution in [1.82, 2.24) is 9.55 Å². The maximum Gasteiger partial charge on any atom is 0.263 e. The molecule has 0 bridgehead atoms. The van der Waals surface area contributed by atoms with E-state index >= 15 is 0 Å². The largest absolute Gasteiger partial charge is 0.495 e. The van der Waals surface area contributed by atoms with Gasteiger partial charge in [0.1, 0.15) is 17.1 Å². The highest BCUT2D eigenvalue weighted by molar-refractivity contribution is 7.19. The van der Waals surface area contributed by atoms with Gasteiger partial charge in [0, 0.05) is 16.1 Å². The molecule has 0 spiro atoms. The van der Waals surface area contributed by atoms with Gasteiger partial charge in [-0.3, -0.25) is 14.2 Å². The monoisotopic (exact) mass is 439 g/mol. The number of nitrogens with zero attached hydrogens (tertiary/aromatic N) is 2. The lowest BCUT2D eigenvalue weighted by atomic mass is 10.0. The fourth-order valence-corrected chi connectivity index (χ4v) is 4.56. The molecular formula is C22H18ClN3O3S. The van der Waals surface area contributed by atoms with Crippen LogP contribution in [0.1, 0.15) is 4.88 Å². The van der Waals surface area contributed by atoms with Gasteiger partial charge in [-0.15, -0.1) is 11.3 Å². The molecule has 152 valence electrons. The molecule has 0 aliphatic rings. The van der Waals surface area contributed by atoms with Gasteiger partial charge in [-0.25, -0.2) is 4.98 Å². The number of halogens is 1. The van der Waals surface area contributed by atoms with Gasteiger partial charge >= 0.3 is 0 Å². The van der Waals surface area contributed by atoms with E-state index < -0.39 is 0 Å². The van der Waals surface area contributed by atoms with Crippen LogP contribution < -0.4 is 15.6 Å². The van der Waals surface area contributed by atoms with Crippen LogP contribution in [-0.2, 0) is 11.3 Å². The first-order valence-electron chi connectivity index (χ1n) is 9.15. The van der Waals surface area contributed by atoms with E-state index in [4.69, 9.17) is 16.3 Å². The second kappa shape index (κ2) is 8.30. The molecule has 2 heterocycles. The summed E-state index contributed by atoms with van der Waals surface area (Å²) in [5.74, 6) is 0.162. The van der Waals surface area contributed by atoms with Crippen LogP contribution >= 0.6 is 22.9 Å². The zero-order chi connectivity index (χ0) is 21.3. The van der Waals surface area contributed by atoms with Crippen LogP contribution in [0.15, 0.2) is 59.7 Å². The Balaban J connectivity index is 1.65. The number of carbonyl (C=O) groups excluding carboxylic acids is 1. The van der Waals surface area contributed by atoms with Crippen LogP contribution in [0.5, 0.6) is 5.75 Å². The Morgan fingerprint density at radius 2 is 2.00 bits per heavy atom. The number of thiophene rings is 1. The Bertz CT molecular complexity index is 1300. The first-order chi connectivity index (χ1) is 14.5. The SMILES string of the molecule is COc1ccc(NC(=O)Cn2cnc3sc(C)c(-c4ccccc4)c3c2=O)cc1Cl. The number of methoxy groups -OCH3 is 1. The normalized spacial score (nSPS) is 10.9. The Hall–Kier alpha value is -3.16. The Kier molecular flexibility index (Phi) is 5.57. The molecule has 0 aliphatic heterocycles. The number of benzene rings is 2. The fourth-order valence-electron chi connectivity index (χ4n) is 3.30. The van der Waals surface area contributed by atoms with Crippen LogP contribution in [0.4, 0.5) is 5.69 Å². The molecule has 8 heteroatoms. The summed E-state index contributed by atoms with van der Waals surface area (Å²) in [6.45, 7) is 1.81. The molecule has 0 aliphatic carbocycles. The predicted molar refractivity (Wildman–Crippen MR) is 121 cm³/mol. The second-order valence-corrected chi connectivity index (χ2v) is 8.26. The number of fused-ring (bicyclic) bond motifs is 1. The average molecular weight is 440 g/mol. The Morgan fingerprint density at radius 1 is 1.23 bits per heavy atom. The number of carbonyl (C=O) groups is 1. The van der Waals surface area contributed by atoms with Crippen molar-refractivity contribution < 1.29 is 9.53 Å². The molecule has 0 saturated heterocycles. The molecular weight excluding hydrogens is 422 g/mol. The molecule has 2 aromatic carbocycles. The van der Waals surface area contributed by atoms with E-state index in [1.165, 1.54) is 29.3 Å². The molecule has 4 rings (SSSR count). The number of nitrogens with one attached hydrogen (secondary N) is 1. The van der Waals surface area contributed by atoms with Gasteiger partial charge in [-0.1, -0.05) is 41.9 Å². The zero-order valence-corrected chi connectivity index (χ0v) is 17.9. The summed E-state index contributed by atoms with van der Waals surface area (Å²) in [7, 11) is 1.52. The number of rotatable bonds is 5. The van der Waals surface area contributed by atoms with E-state index in [1.54, 1.807) is 18.2 Å². The molecule has 1 N–H and O–H groups in total. The van der Waals surface area contributed by atoms with Crippen molar-refractivity contribution in [1.29, 1.82) is 0 Å². The van der Waals surface area contributed by atoms with Crippen LogP contribution in [0.2, 0.25) is 5.02 Å². The van der Waals surface area contributed by atoms with Gasteiger partial charge in [0.25, 0.3) is 5.56 Å². The number of aromatic nitrogens is 2. The third kappa shape index (κ3) is 3.81. The van der Waals surface area contributed by atoms with Crippen LogP contribution in [0, 0.1) is 6.92 Å². The highest BCUT2D eigenvalue weighted by atomic mass is 35.5. The van der Waals surface area contributed by atoms with Crippen molar-refractivity contribution in [3.63, 3.8) is 0 Å². The van der Waals surface area contributed by atoms with E-state index in [-0.39, 0.29) is 18.0 Å². The Labute approximate surface area is 181 Å². The number of amides is 1. The summed E-state index contributed by atoms with van der Waals surface area (Å²) in [4.78, 5) is 31.8. The summed E-state index contributed by atoms with van der Waals surface area (Å²) in [5, 5.41) is 3.67. The minimum Gasteiger partial charge on any atom is -0.495 e. The summed E-state index contributed by atoms with van der Waals surface area (Å²) in [5.41, 5.74) is 2.09. The minimum absolute atomic E-state index is 0.158. The van der Waals surface area contributed by atoms with Gasteiger partial charge < -0.3 is 10.1 Å². The summed E-state index contributed by atoms with van der Waals surface area (Å²) in [6.07, 6.45) is 1.41. The summed E-state index contributed by atoms with van der Waals surface area (Å²) in [6, 6.07) is 14.7. The molecule has 2 aromatic heterocycles. The molecule has 6 nitrogen and oxygen atoms in total. The number of ether oxygens (including phenoxy) is 1. The molecule has 1 amide bonds. The van der Waals surface area contributed by atoms with Crippen LogP contribution in [-0.4, -0.2) is 22.6 Å². The predicted octanol–water partition coefficient (Wildman–Crippen LogP) is 4.73.